The van der Waals surface area contributed by atoms with Gasteiger partial charge in [-0.25, -0.2) is 4.41 Å². The summed E-state index contributed by atoms with van der Waals surface area (Å²) in [5, 5.41) is 7.51. The van der Waals surface area contributed by atoms with Gasteiger partial charge in [-0.05, 0) is 67.2 Å². The Kier molecular flexibility index (Phi) is 6.60. The van der Waals surface area contributed by atoms with Gasteiger partial charge in [0.25, 0.3) is 0 Å². The third-order valence-electron chi connectivity index (χ3n) is 4.24. The molecule has 3 rings (SSSR count). The maximum atomic E-state index is 13.1. The predicted molar refractivity (Wildman–Crippen MR) is 113 cm³/mol. The van der Waals surface area contributed by atoms with E-state index in [1.807, 2.05) is 22.0 Å². The molecule has 0 radical (unpaired) electrons. The molecule has 1 heterocycles. The number of anilines is 2. The summed E-state index contributed by atoms with van der Waals surface area (Å²) < 4.78 is 80.1. The lowest BCUT2D eigenvalue weighted by atomic mass is 10.0. The predicted octanol–water partition coefficient (Wildman–Crippen LogP) is 6.22. The van der Waals surface area contributed by atoms with E-state index in [1.165, 1.54) is 18.9 Å². The van der Waals surface area contributed by atoms with E-state index in [0.717, 1.165) is 5.69 Å². The van der Waals surface area contributed by atoms with E-state index in [2.05, 4.69) is 16.1 Å². The molecular weight excluding hydrogens is 462 g/mol. The second-order valence-corrected chi connectivity index (χ2v) is 7.79. The van der Waals surface area contributed by atoms with Gasteiger partial charge >= 0.3 is 12.4 Å². The van der Waals surface area contributed by atoms with Crippen LogP contribution >= 0.6 is 24.2 Å². The first-order chi connectivity index (χ1) is 14.4. The van der Waals surface area contributed by atoms with Crippen molar-refractivity contribution in [1.82, 2.24) is 10.7 Å². The zero-order chi connectivity index (χ0) is 22.8. The van der Waals surface area contributed by atoms with Crippen molar-refractivity contribution >= 4 is 40.7 Å². The molecule has 166 valence electrons. The summed E-state index contributed by atoms with van der Waals surface area (Å²) in [6, 6.07) is 7.64. The van der Waals surface area contributed by atoms with Crippen LogP contribution in [-0.4, -0.2) is 5.11 Å². The lowest BCUT2D eigenvalue weighted by molar-refractivity contribution is -0.143. The minimum atomic E-state index is -4.91. The van der Waals surface area contributed by atoms with Crippen molar-refractivity contribution in [3.05, 3.63) is 70.8 Å². The van der Waals surface area contributed by atoms with Crippen LogP contribution in [0, 0.1) is 0 Å². The van der Waals surface area contributed by atoms with E-state index in [1.54, 1.807) is 18.3 Å². The van der Waals surface area contributed by atoms with Crippen LogP contribution in [0.1, 0.15) is 29.7 Å². The second kappa shape index (κ2) is 8.87. The van der Waals surface area contributed by atoms with Crippen molar-refractivity contribution in [1.29, 1.82) is 0 Å². The van der Waals surface area contributed by atoms with Crippen LogP contribution < -0.4 is 20.5 Å². The SMILES string of the molecule is CC(NC(=S)Nc1ccc(N2NC=CS2)cc1)c1cc(C(F)(F)F)cc(C(F)(F)F)c1. The van der Waals surface area contributed by atoms with Gasteiger partial charge in [-0.2, -0.15) is 26.3 Å². The van der Waals surface area contributed by atoms with Crippen molar-refractivity contribution in [2.24, 2.45) is 0 Å². The van der Waals surface area contributed by atoms with Gasteiger partial charge in [0.05, 0.1) is 22.9 Å². The molecule has 4 nitrogen and oxygen atoms in total. The summed E-state index contributed by atoms with van der Waals surface area (Å²) in [7, 11) is 0. The molecule has 31 heavy (non-hydrogen) atoms. The van der Waals surface area contributed by atoms with Gasteiger partial charge in [-0.1, -0.05) is 0 Å². The average Bonchev–Trinajstić information content (AvgIpc) is 3.21. The Hall–Kier alpha value is -2.60. The highest BCUT2D eigenvalue weighted by Crippen LogP contribution is 2.37. The fraction of sp³-hybridized carbons (Fsp3) is 0.211. The third kappa shape index (κ3) is 5.97. The molecule has 1 aliphatic heterocycles. The highest BCUT2D eigenvalue weighted by atomic mass is 32.2. The minimum absolute atomic E-state index is 0.0570. The number of hydrogen-bond acceptors (Lipinski definition) is 4. The lowest BCUT2D eigenvalue weighted by Crippen LogP contribution is -2.31. The average molecular weight is 478 g/mol. The number of nitrogens with one attached hydrogen (secondary N) is 3. The fourth-order valence-corrected chi connectivity index (χ4v) is 3.61. The Morgan fingerprint density at radius 3 is 2.06 bits per heavy atom. The van der Waals surface area contributed by atoms with E-state index in [9.17, 15) is 26.3 Å². The number of nitrogens with zero attached hydrogens (tertiary/aromatic N) is 1. The van der Waals surface area contributed by atoms with Gasteiger partial charge in [0, 0.05) is 29.2 Å². The van der Waals surface area contributed by atoms with Crippen LogP contribution in [-0.2, 0) is 12.4 Å². The van der Waals surface area contributed by atoms with E-state index in [4.69, 9.17) is 12.2 Å². The van der Waals surface area contributed by atoms with Crippen molar-refractivity contribution in [3.63, 3.8) is 0 Å². The van der Waals surface area contributed by atoms with Crippen molar-refractivity contribution in [3.8, 4) is 0 Å². The molecule has 0 aromatic heterocycles. The molecule has 12 heteroatoms. The Morgan fingerprint density at radius 2 is 1.58 bits per heavy atom. The maximum absolute atomic E-state index is 13.1. The summed E-state index contributed by atoms with van der Waals surface area (Å²) in [5.41, 5.74) is 1.55. The Morgan fingerprint density at radius 1 is 1.00 bits per heavy atom. The van der Waals surface area contributed by atoms with Crippen LogP contribution in [0.2, 0.25) is 0 Å². The molecule has 1 unspecified atom stereocenters. The number of thiocarbonyl (C=S) groups is 1. The lowest BCUT2D eigenvalue weighted by Gasteiger charge is -2.21. The first kappa shape index (κ1) is 23.1. The van der Waals surface area contributed by atoms with Crippen molar-refractivity contribution < 1.29 is 26.3 Å². The molecule has 2 aromatic rings. The fourth-order valence-electron chi connectivity index (χ4n) is 2.71. The van der Waals surface area contributed by atoms with E-state index < -0.39 is 29.5 Å². The summed E-state index contributed by atoms with van der Waals surface area (Å²) in [6.07, 6.45) is -8.04. The first-order valence-electron chi connectivity index (χ1n) is 8.78. The second-order valence-electron chi connectivity index (χ2n) is 6.54. The molecule has 1 aliphatic rings. The molecule has 2 aromatic carbocycles. The molecular formula is C19H16F6N4S2. The molecule has 3 N–H and O–H groups in total. The number of hydrazine groups is 1. The summed E-state index contributed by atoms with van der Waals surface area (Å²) >= 11 is 6.61. The molecule has 0 saturated carbocycles. The van der Waals surface area contributed by atoms with Crippen molar-refractivity contribution in [2.45, 2.75) is 25.3 Å². The Balaban J connectivity index is 1.70. The quantitative estimate of drug-likeness (QED) is 0.276. The molecule has 0 spiro atoms. The van der Waals surface area contributed by atoms with Gasteiger partial charge in [-0.3, -0.25) is 5.43 Å². The topological polar surface area (TPSA) is 39.3 Å². The summed E-state index contributed by atoms with van der Waals surface area (Å²) in [6.45, 7) is 1.43. The standard InChI is InChI=1S/C19H16F6N4S2/c1-11(12-8-13(18(20,21)22)10-14(9-12)19(23,24)25)27-17(30)28-15-2-4-16(5-3-15)29-26-6-7-31-29/h2-11,26H,1H3,(H2,27,28,30). The van der Waals surface area contributed by atoms with Gasteiger partial charge in [0.2, 0.25) is 0 Å². The van der Waals surface area contributed by atoms with E-state index >= 15 is 0 Å². The van der Waals surface area contributed by atoms with Gasteiger partial charge in [0.1, 0.15) is 0 Å². The molecule has 0 fully saturated rings. The van der Waals surface area contributed by atoms with Crippen LogP contribution in [0.4, 0.5) is 37.7 Å². The Labute approximate surface area is 183 Å². The van der Waals surface area contributed by atoms with Gasteiger partial charge in [-0.15, -0.1) is 0 Å². The molecule has 0 saturated heterocycles. The third-order valence-corrected chi connectivity index (χ3v) is 5.25. The molecule has 0 amide bonds. The zero-order valence-electron chi connectivity index (χ0n) is 15.8. The van der Waals surface area contributed by atoms with Crippen LogP contribution in [0.3, 0.4) is 0 Å². The number of benzene rings is 2. The molecule has 0 aliphatic carbocycles. The summed E-state index contributed by atoms with van der Waals surface area (Å²) in [5.74, 6) is 0. The largest absolute Gasteiger partial charge is 0.416 e. The van der Waals surface area contributed by atoms with Crippen molar-refractivity contribution in [2.75, 3.05) is 9.73 Å². The highest BCUT2D eigenvalue weighted by Gasteiger charge is 2.37. The number of alkyl halides is 6. The van der Waals surface area contributed by atoms with Crippen LogP contribution in [0.25, 0.3) is 0 Å². The first-order valence-corrected chi connectivity index (χ1v) is 10.0. The van der Waals surface area contributed by atoms with E-state index in [0.29, 0.717) is 17.8 Å². The van der Waals surface area contributed by atoms with Gasteiger partial charge < -0.3 is 10.6 Å². The number of rotatable bonds is 4. The van der Waals surface area contributed by atoms with Crippen LogP contribution in [0.15, 0.2) is 54.1 Å². The number of halogens is 6. The van der Waals surface area contributed by atoms with E-state index in [-0.39, 0.29) is 16.7 Å². The smallest absolute Gasteiger partial charge is 0.356 e. The highest BCUT2D eigenvalue weighted by molar-refractivity contribution is 8.03. The summed E-state index contributed by atoms with van der Waals surface area (Å²) in [4.78, 5) is 0. The maximum Gasteiger partial charge on any atom is 0.416 e. The minimum Gasteiger partial charge on any atom is -0.356 e. The van der Waals surface area contributed by atoms with Crippen LogP contribution in [0.5, 0.6) is 0 Å². The molecule has 0 bridgehead atoms. The normalized spacial score (nSPS) is 14.9. The van der Waals surface area contributed by atoms with Gasteiger partial charge in [0.15, 0.2) is 5.11 Å². The zero-order valence-corrected chi connectivity index (χ0v) is 17.4. The molecule has 1 atom stereocenters. The number of hydrogen-bond donors (Lipinski definition) is 3. The monoisotopic (exact) mass is 478 g/mol. The Bertz CT molecular complexity index is 933.